The summed E-state index contributed by atoms with van der Waals surface area (Å²) in [6.45, 7) is 6.48. The van der Waals surface area contributed by atoms with E-state index in [9.17, 15) is 9.59 Å². The molecule has 1 aliphatic rings. The molecule has 10 heteroatoms. The highest BCUT2D eigenvalue weighted by molar-refractivity contribution is 9.10. The smallest absolute Gasteiger partial charge is 0.338 e. The van der Waals surface area contributed by atoms with E-state index in [4.69, 9.17) is 19.2 Å². The second-order valence-corrected chi connectivity index (χ2v) is 11.2. The third-order valence-corrected chi connectivity index (χ3v) is 8.03. The number of nitrogens with zero attached hydrogens (tertiary/aromatic N) is 2. The van der Waals surface area contributed by atoms with E-state index in [2.05, 4.69) is 31.9 Å². The molecule has 0 saturated carbocycles. The topological polar surface area (TPSA) is 79.1 Å². The number of hydrogen-bond acceptors (Lipinski definition) is 7. The molecule has 1 aromatic heterocycles. The summed E-state index contributed by atoms with van der Waals surface area (Å²) in [5, 5.41) is 0. The van der Waals surface area contributed by atoms with E-state index in [0.29, 0.717) is 44.9 Å². The number of benzene rings is 2. The average molecular weight is 664 g/mol. The fourth-order valence-electron chi connectivity index (χ4n) is 4.36. The summed E-state index contributed by atoms with van der Waals surface area (Å²) < 4.78 is 20.4. The highest BCUT2D eigenvalue weighted by Gasteiger charge is 2.36. The minimum atomic E-state index is -0.756. The summed E-state index contributed by atoms with van der Waals surface area (Å²) in [6, 6.07) is 10.5. The highest BCUT2D eigenvalue weighted by Crippen LogP contribution is 2.38. The van der Waals surface area contributed by atoms with Crippen LogP contribution in [0.3, 0.4) is 0 Å². The normalized spacial score (nSPS) is 15.2. The van der Waals surface area contributed by atoms with E-state index >= 15 is 0 Å². The third kappa shape index (κ3) is 5.67. The van der Waals surface area contributed by atoms with Crippen molar-refractivity contribution in [1.29, 1.82) is 0 Å². The second kappa shape index (κ2) is 12.4. The van der Waals surface area contributed by atoms with Crippen molar-refractivity contribution in [3.63, 3.8) is 0 Å². The van der Waals surface area contributed by atoms with E-state index in [-0.39, 0.29) is 12.2 Å². The summed E-state index contributed by atoms with van der Waals surface area (Å²) in [5.74, 6) is 0.801. The van der Waals surface area contributed by atoms with Crippen molar-refractivity contribution in [3.8, 4) is 11.5 Å². The number of allylic oxidation sites excluding steroid dienone is 1. The molecule has 2 aromatic carbocycles. The summed E-state index contributed by atoms with van der Waals surface area (Å²) in [6.07, 6.45) is 3.17. The summed E-state index contributed by atoms with van der Waals surface area (Å²) >= 11 is 8.38. The van der Waals surface area contributed by atoms with Crippen molar-refractivity contribution in [2.24, 2.45) is 4.99 Å². The van der Waals surface area contributed by atoms with Gasteiger partial charge in [0.25, 0.3) is 5.56 Å². The zero-order chi connectivity index (χ0) is 27.4. The average Bonchev–Trinajstić information content (AvgIpc) is 3.19. The molecular formula is C28H28Br2N2O5S. The number of aromatic nitrogens is 1. The number of hydrogen-bond donors (Lipinski definition) is 0. The third-order valence-electron chi connectivity index (χ3n) is 5.93. The molecule has 0 bridgehead atoms. The first kappa shape index (κ1) is 28.3. The molecule has 0 saturated heterocycles. The van der Waals surface area contributed by atoms with Gasteiger partial charge in [-0.15, -0.1) is 0 Å². The highest BCUT2D eigenvalue weighted by atomic mass is 79.9. The predicted molar refractivity (Wildman–Crippen MR) is 156 cm³/mol. The Bertz CT molecular complexity index is 1570. The van der Waals surface area contributed by atoms with Gasteiger partial charge in [-0.05, 0) is 78.2 Å². The molecule has 0 fully saturated rings. The number of fused-ring (bicyclic) bond motifs is 1. The number of esters is 1. The van der Waals surface area contributed by atoms with Gasteiger partial charge in [-0.2, -0.15) is 0 Å². The van der Waals surface area contributed by atoms with Crippen molar-refractivity contribution in [2.75, 3.05) is 20.3 Å². The van der Waals surface area contributed by atoms with Crippen molar-refractivity contribution in [1.82, 2.24) is 4.57 Å². The minimum absolute atomic E-state index is 0.209. The van der Waals surface area contributed by atoms with Gasteiger partial charge in [0.15, 0.2) is 4.80 Å². The van der Waals surface area contributed by atoms with Gasteiger partial charge in [0, 0.05) is 10.0 Å². The molecule has 0 N–H and O–H groups in total. The van der Waals surface area contributed by atoms with Gasteiger partial charge in [0.2, 0.25) is 0 Å². The minimum Gasteiger partial charge on any atom is -0.496 e. The first-order valence-corrected chi connectivity index (χ1v) is 14.7. The van der Waals surface area contributed by atoms with Gasteiger partial charge in [0.05, 0.1) is 40.6 Å². The van der Waals surface area contributed by atoms with Crippen LogP contribution < -0.4 is 24.4 Å². The van der Waals surface area contributed by atoms with Crippen LogP contribution in [0, 0.1) is 0 Å². The maximum atomic E-state index is 13.9. The van der Waals surface area contributed by atoms with Gasteiger partial charge >= 0.3 is 5.97 Å². The number of carbonyl (C=O) groups excluding carboxylic acids is 1. The number of ether oxygens (including phenoxy) is 3. The molecule has 1 atom stereocenters. The van der Waals surface area contributed by atoms with E-state index in [1.54, 1.807) is 18.6 Å². The van der Waals surface area contributed by atoms with Gasteiger partial charge in [-0.1, -0.05) is 46.7 Å². The summed E-state index contributed by atoms with van der Waals surface area (Å²) in [4.78, 5) is 32.6. The van der Waals surface area contributed by atoms with E-state index in [1.165, 1.54) is 11.3 Å². The first-order valence-electron chi connectivity index (χ1n) is 12.3. The number of carbonyl (C=O) groups is 1. The largest absolute Gasteiger partial charge is 0.496 e. The molecule has 0 spiro atoms. The van der Waals surface area contributed by atoms with Gasteiger partial charge < -0.3 is 14.2 Å². The first-order chi connectivity index (χ1) is 18.3. The molecular weight excluding hydrogens is 636 g/mol. The van der Waals surface area contributed by atoms with E-state index in [1.807, 2.05) is 56.3 Å². The Morgan fingerprint density at radius 1 is 1.11 bits per heavy atom. The Kier molecular flexibility index (Phi) is 9.27. The van der Waals surface area contributed by atoms with Crippen molar-refractivity contribution in [2.45, 2.75) is 39.7 Å². The Morgan fingerprint density at radius 3 is 2.53 bits per heavy atom. The summed E-state index contributed by atoms with van der Waals surface area (Å²) in [7, 11) is 1.57. The Balaban J connectivity index is 2.00. The molecule has 3 aromatic rings. The SMILES string of the molecule is CCCC1=C(C(=O)OCC)[C@@H](c2cc(Br)ccc2OC)n2c(s/c(=C/c3ccc(OCC)c(Br)c3)c2=O)=N1. The fraction of sp³-hybridized carbons (Fsp3) is 0.321. The molecule has 0 aliphatic carbocycles. The number of thiazole rings is 1. The van der Waals surface area contributed by atoms with Gasteiger partial charge in [0.1, 0.15) is 17.5 Å². The zero-order valence-electron chi connectivity index (χ0n) is 21.5. The van der Waals surface area contributed by atoms with Crippen LogP contribution in [0.15, 0.2) is 66.4 Å². The fourth-order valence-corrected chi connectivity index (χ4v) is 6.27. The molecule has 0 amide bonds. The maximum Gasteiger partial charge on any atom is 0.338 e. The molecule has 2 heterocycles. The molecule has 0 unspecified atom stereocenters. The predicted octanol–water partition coefficient (Wildman–Crippen LogP) is 5.51. The van der Waals surface area contributed by atoms with Crippen molar-refractivity contribution < 1.29 is 19.0 Å². The molecule has 1 aliphatic heterocycles. The number of rotatable bonds is 9. The van der Waals surface area contributed by atoms with E-state index < -0.39 is 12.0 Å². The van der Waals surface area contributed by atoms with Crippen LogP contribution in [0.25, 0.3) is 6.08 Å². The second-order valence-electron chi connectivity index (χ2n) is 8.42. The van der Waals surface area contributed by atoms with Crippen molar-refractivity contribution in [3.05, 3.63) is 87.4 Å². The molecule has 4 rings (SSSR count). The Labute approximate surface area is 241 Å². The molecule has 200 valence electrons. The maximum absolute atomic E-state index is 13.9. The lowest BCUT2D eigenvalue weighted by molar-refractivity contribution is -0.139. The number of methoxy groups -OCH3 is 1. The Morgan fingerprint density at radius 2 is 1.87 bits per heavy atom. The van der Waals surface area contributed by atoms with Crippen LogP contribution in [0.1, 0.15) is 50.8 Å². The van der Waals surface area contributed by atoms with Crippen LogP contribution in [0.4, 0.5) is 0 Å². The summed E-state index contributed by atoms with van der Waals surface area (Å²) in [5.41, 5.74) is 2.23. The van der Waals surface area contributed by atoms with Crippen LogP contribution in [-0.2, 0) is 9.53 Å². The lowest BCUT2D eigenvalue weighted by Gasteiger charge is -2.27. The lowest BCUT2D eigenvalue weighted by atomic mass is 9.93. The molecule has 38 heavy (non-hydrogen) atoms. The monoisotopic (exact) mass is 662 g/mol. The van der Waals surface area contributed by atoms with Gasteiger partial charge in [-0.3, -0.25) is 9.36 Å². The van der Waals surface area contributed by atoms with Crippen LogP contribution in [0.5, 0.6) is 11.5 Å². The standard InChI is InChI=1S/C28H28Br2N2O5S/c1-5-8-20-24(27(34)37-7-3)25(18-15-17(29)10-12-21(18)35-4)32-26(33)23(38-28(32)31-20)14-16-9-11-22(36-6-2)19(30)13-16/h9-15,25H,5-8H2,1-4H3/b23-14+/t25-/m1/s1. The zero-order valence-corrected chi connectivity index (χ0v) is 25.5. The molecule has 7 nitrogen and oxygen atoms in total. The number of halogens is 2. The van der Waals surface area contributed by atoms with Crippen LogP contribution >= 0.6 is 43.2 Å². The quantitative estimate of drug-likeness (QED) is 0.282. The van der Waals surface area contributed by atoms with Gasteiger partial charge in [-0.25, -0.2) is 9.79 Å². The molecule has 0 radical (unpaired) electrons. The lowest BCUT2D eigenvalue weighted by Crippen LogP contribution is -2.40. The Hall–Kier alpha value is -2.69. The van der Waals surface area contributed by atoms with Crippen molar-refractivity contribution >= 4 is 55.2 Å². The van der Waals surface area contributed by atoms with E-state index in [0.717, 1.165) is 26.7 Å². The van der Waals surface area contributed by atoms with Crippen LogP contribution in [-0.4, -0.2) is 30.9 Å². The van der Waals surface area contributed by atoms with Crippen LogP contribution in [0.2, 0.25) is 0 Å².